The minimum absolute atomic E-state index is 0.0726. The molecule has 36 heavy (non-hydrogen) atoms. The average Bonchev–Trinajstić information content (AvgIpc) is 3.04. The van der Waals surface area contributed by atoms with Gasteiger partial charge in [-0.2, -0.15) is 26.3 Å². The summed E-state index contributed by atoms with van der Waals surface area (Å²) in [5.74, 6) is -2.42. The van der Waals surface area contributed by atoms with Crippen LogP contribution in [-0.4, -0.2) is 29.4 Å². The second kappa shape index (κ2) is 7.58. The van der Waals surface area contributed by atoms with E-state index in [0.717, 1.165) is 30.3 Å². The molecule has 0 saturated heterocycles. The maximum Gasteiger partial charge on any atom is 0.411 e. The number of aromatic carboxylic acids is 1. The van der Waals surface area contributed by atoms with E-state index >= 15 is 0 Å². The number of halogens is 8. The van der Waals surface area contributed by atoms with Crippen LogP contribution in [0.5, 0.6) is 0 Å². The van der Waals surface area contributed by atoms with Crippen LogP contribution in [-0.2, 0) is 15.8 Å². The van der Waals surface area contributed by atoms with Crippen LogP contribution in [0, 0.1) is 0 Å². The first kappa shape index (κ1) is 24.8. The molecule has 3 aromatic carbocycles. The van der Waals surface area contributed by atoms with Crippen molar-refractivity contribution in [2.75, 3.05) is 0 Å². The standard InChI is InChI=1S/C24H10Br2F6O4/c25-11-2-5-14-17(8-11)22(23(27,28)29,24(30,31)32)18-9-12(26)3-6-15(18)21(14)16-7-10(19(33)34)1-4-13(16)20(35)36-21/h1-9H,(H,33,34). The second-order valence-electron chi connectivity index (χ2n) is 8.26. The van der Waals surface area contributed by atoms with E-state index in [9.17, 15) is 41.0 Å². The number of rotatable bonds is 1. The zero-order valence-electron chi connectivity index (χ0n) is 17.4. The molecule has 0 bridgehead atoms. The molecule has 0 radical (unpaired) electrons. The van der Waals surface area contributed by atoms with Crippen molar-refractivity contribution in [1.82, 2.24) is 0 Å². The number of benzene rings is 3. The van der Waals surface area contributed by atoms with Gasteiger partial charge in [0.15, 0.2) is 5.60 Å². The van der Waals surface area contributed by atoms with Crippen LogP contribution >= 0.6 is 31.9 Å². The van der Waals surface area contributed by atoms with Gasteiger partial charge in [0.1, 0.15) is 0 Å². The molecule has 1 heterocycles. The largest absolute Gasteiger partial charge is 0.478 e. The monoisotopic (exact) mass is 634 g/mol. The van der Waals surface area contributed by atoms with Gasteiger partial charge in [0.25, 0.3) is 0 Å². The van der Waals surface area contributed by atoms with Crippen LogP contribution in [0.2, 0.25) is 0 Å². The van der Waals surface area contributed by atoms with Crippen molar-refractivity contribution in [2.45, 2.75) is 23.4 Å². The predicted octanol–water partition coefficient (Wildman–Crippen LogP) is 7.10. The minimum atomic E-state index is -5.87. The summed E-state index contributed by atoms with van der Waals surface area (Å²) in [7, 11) is 0. The number of fused-ring (bicyclic) bond motifs is 6. The maximum absolute atomic E-state index is 14.8. The Morgan fingerprint density at radius 1 is 0.750 bits per heavy atom. The molecule has 1 aliphatic heterocycles. The summed E-state index contributed by atoms with van der Waals surface area (Å²) in [5, 5.41) is 9.49. The van der Waals surface area contributed by atoms with E-state index in [1.54, 1.807) is 0 Å². The Bertz CT molecular complexity index is 1410. The predicted molar refractivity (Wildman–Crippen MR) is 120 cm³/mol. The molecule has 186 valence electrons. The molecule has 5 rings (SSSR count). The van der Waals surface area contributed by atoms with Crippen molar-refractivity contribution in [1.29, 1.82) is 0 Å². The van der Waals surface area contributed by atoms with E-state index < -0.39 is 57.6 Å². The van der Waals surface area contributed by atoms with Crippen molar-refractivity contribution in [2.24, 2.45) is 0 Å². The van der Waals surface area contributed by atoms with Gasteiger partial charge in [0.05, 0.1) is 11.1 Å². The van der Waals surface area contributed by atoms with Crippen LogP contribution in [0.3, 0.4) is 0 Å². The highest BCUT2D eigenvalue weighted by Gasteiger charge is 2.77. The van der Waals surface area contributed by atoms with Gasteiger partial charge in [-0.15, -0.1) is 0 Å². The molecule has 1 N–H and O–H groups in total. The number of esters is 1. The number of carboxylic acid groups (broad SMARTS) is 1. The summed E-state index contributed by atoms with van der Waals surface area (Å²) in [6.07, 6.45) is -11.7. The van der Waals surface area contributed by atoms with Crippen LogP contribution in [0.25, 0.3) is 0 Å². The highest BCUT2D eigenvalue weighted by molar-refractivity contribution is 9.10. The molecule has 0 atom stereocenters. The Balaban J connectivity index is 2.04. The molecule has 2 aliphatic rings. The second-order valence-corrected chi connectivity index (χ2v) is 10.1. The smallest absolute Gasteiger partial charge is 0.411 e. The summed E-state index contributed by atoms with van der Waals surface area (Å²) >= 11 is 5.94. The molecule has 12 heteroatoms. The Kier molecular flexibility index (Phi) is 5.22. The number of ether oxygens (including phenoxy) is 1. The van der Waals surface area contributed by atoms with Crippen molar-refractivity contribution in [3.8, 4) is 0 Å². The van der Waals surface area contributed by atoms with Gasteiger partial charge in [-0.05, 0) is 53.6 Å². The van der Waals surface area contributed by atoms with E-state index in [1.165, 1.54) is 12.1 Å². The fourth-order valence-corrected chi connectivity index (χ4v) is 5.85. The van der Waals surface area contributed by atoms with Gasteiger partial charge in [-0.25, -0.2) is 9.59 Å². The van der Waals surface area contributed by atoms with Gasteiger partial charge in [-0.1, -0.05) is 44.0 Å². The van der Waals surface area contributed by atoms with E-state index in [4.69, 9.17) is 4.74 Å². The van der Waals surface area contributed by atoms with Crippen molar-refractivity contribution in [3.05, 3.63) is 102 Å². The van der Waals surface area contributed by atoms with Gasteiger partial charge in [-0.3, -0.25) is 0 Å². The molecule has 3 aromatic rings. The third-order valence-corrected chi connectivity index (χ3v) is 7.48. The van der Waals surface area contributed by atoms with Gasteiger partial charge >= 0.3 is 24.3 Å². The molecule has 1 spiro atoms. The lowest BCUT2D eigenvalue weighted by Crippen LogP contribution is -2.59. The van der Waals surface area contributed by atoms with Gasteiger partial charge in [0, 0.05) is 25.6 Å². The Labute approximate surface area is 215 Å². The number of alkyl halides is 6. The molecule has 0 amide bonds. The molecule has 0 fully saturated rings. The zero-order chi connectivity index (χ0) is 26.4. The quantitative estimate of drug-likeness (QED) is 0.229. The summed E-state index contributed by atoms with van der Waals surface area (Å²) in [6, 6.07) is 9.17. The average molecular weight is 636 g/mol. The lowest BCUT2D eigenvalue weighted by Gasteiger charge is -2.48. The third kappa shape index (κ3) is 3.00. The lowest BCUT2D eigenvalue weighted by molar-refractivity contribution is -0.290. The fraction of sp³-hybridized carbons (Fsp3) is 0.167. The first-order chi connectivity index (χ1) is 16.7. The molecule has 1 aliphatic carbocycles. The Morgan fingerprint density at radius 3 is 1.69 bits per heavy atom. The highest BCUT2D eigenvalue weighted by atomic mass is 79.9. The fourth-order valence-electron chi connectivity index (χ4n) is 5.12. The molecular weight excluding hydrogens is 626 g/mol. The SMILES string of the molecule is O=C(O)c1ccc2c(c1)C1(OC2=O)c2ccc(Br)cc2C(C(F)(F)F)(C(F)(F)F)c2cc(Br)ccc21. The van der Waals surface area contributed by atoms with Crippen molar-refractivity contribution >= 4 is 43.8 Å². The van der Waals surface area contributed by atoms with E-state index in [0.29, 0.717) is 12.1 Å². The summed E-state index contributed by atoms with van der Waals surface area (Å²) in [4.78, 5) is 24.6. The number of carboxylic acids is 1. The summed E-state index contributed by atoms with van der Waals surface area (Å²) in [6.45, 7) is 0. The number of carbonyl (C=O) groups is 2. The lowest BCUT2D eigenvalue weighted by atomic mass is 9.59. The van der Waals surface area contributed by atoms with Crippen molar-refractivity contribution in [3.63, 3.8) is 0 Å². The molecule has 4 nitrogen and oxygen atoms in total. The third-order valence-electron chi connectivity index (χ3n) is 6.49. The van der Waals surface area contributed by atoms with E-state index in [2.05, 4.69) is 31.9 Å². The number of carbonyl (C=O) groups excluding carboxylic acids is 1. The minimum Gasteiger partial charge on any atom is -0.478 e. The molecular formula is C24H10Br2F6O4. The number of hydrogen-bond donors (Lipinski definition) is 1. The maximum atomic E-state index is 14.8. The summed E-state index contributed by atoms with van der Waals surface area (Å²) < 4.78 is 94.3. The first-order valence-electron chi connectivity index (χ1n) is 10.0. The zero-order valence-corrected chi connectivity index (χ0v) is 20.6. The Morgan fingerprint density at radius 2 is 1.25 bits per heavy atom. The number of hydrogen-bond acceptors (Lipinski definition) is 3. The highest BCUT2D eigenvalue weighted by Crippen LogP contribution is 2.65. The normalized spacial score (nSPS) is 17.3. The van der Waals surface area contributed by atoms with Crippen LogP contribution in [0.1, 0.15) is 48.5 Å². The van der Waals surface area contributed by atoms with E-state index in [1.807, 2.05) is 0 Å². The van der Waals surface area contributed by atoms with Gasteiger partial charge in [0.2, 0.25) is 5.41 Å². The Hall–Kier alpha value is -2.86. The van der Waals surface area contributed by atoms with E-state index in [-0.39, 0.29) is 25.6 Å². The molecule has 0 unspecified atom stereocenters. The van der Waals surface area contributed by atoms with Gasteiger partial charge < -0.3 is 9.84 Å². The molecule has 0 aromatic heterocycles. The topological polar surface area (TPSA) is 63.6 Å². The van der Waals surface area contributed by atoms with Crippen LogP contribution < -0.4 is 0 Å². The van der Waals surface area contributed by atoms with Crippen molar-refractivity contribution < 1.29 is 45.8 Å². The first-order valence-corrected chi connectivity index (χ1v) is 11.6. The van der Waals surface area contributed by atoms with Crippen LogP contribution in [0.15, 0.2) is 63.5 Å². The summed E-state index contributed by atoms with van der Waals surface area (Å²) in [5.41, 5.74) is -11.0. The molecule has 0 saturated carbocycles. The van der Waals surface area contributed by atoms with Crippen LogP contribution in [0.4, 0.5) is 26.3 Å².